The van der Waals surface area contributed by atoms with Crippen molar-refractivity contribution in [2.24, 2.45) is 39.9 Å². The minimum absolute atomic E-state index is 0.0317. The van der Waals surface area contributed by atoms with Gasteiger partial charge in [0, 0.05) is 48.1 Å². The number of nitrogens with zero attached hydrogens (tertiary/aromatic N) is 1. The van der Waals surface area contributed by atoms with E-state index in [1.807, 2.05) is 0 Å². The number of rotatable bonds is 0. The molecule has 7 aliphatic rings. The second-order valence-electron chi connectivity index (χ2n) is 10.4. The molecule has 1 N–H and O–H groups in total. The summed E-state index contributed by atoms with van der Waals surface area (Å²) in [5.74, 6) is 1.26. The molecule has 9 atom stereocenters. The van der Waals surface area contributed by atoms with Gasteiger partial charge in [-0.1, -0.05) is 13.5 Å². The summed E-state index contributed by atoms with van der Waals surface area (Å²) in [6.45, 7) is 7.34. The summed E-state index contributed by atoms with van der Waals surface area (Å²) in [5.41, 5.74) is 0.357. The second kappa shape index (κ2) is 3.96. The Labute approximate surface area is 148 Å². The fourth-order valence-corrected chi connectivity index (χ4v) is 9.59. The van der Waals surface area contributed by atoms with Gasteiger partial charge in [-0.05, 0) is 49.1 Å². The van der Waals surface area contributed by atoms with Crippen LogP contribution in [0.15, 0.2) is 12.2 Å². The van der Waals surface area contributed by atoms with Gasteiger partial charge in [-0.15, -0.1) is 0 Å². The van der Waals surface area contributed by atoms with Gasteiger partial charge >= 0.3 is 0 Å². The lowest BCUT2D eigenvalue weighted by Crippen LogP contribution is -2.67. The van der Waals surface area contributed by atoms with Crippen LogP contribution in [0.1, 0.15) is 39.0 Å². The molecule has 1 aliphatic heterocycles. The van der Waals surface area contributed by atoms with Gasteiger partial charge in [-0.25, -0.2) is 0 Å². The average Bonchev–Trinajstić information content (AvgIpc) is 2.62. The van der Waals surface area contributed by atoms with E-state index < -0.39 is 6.10 Å². The molecule has 0 aromatic carbocycles. The molecule has 6 saturated carbocycles. The van der Waals surface area contributed by atoms with Crippen molar-refractivity contribution in [1.29, 1.82) is 0 Å². The fraction of sp³-hybridized carbons (Fsp3) is 0.810. The number of fused-ring (bicyclic) bond motifs is 1. The number of carbonyl (C=O) groups is 2. The Kier molecular flexibility index (Phi) is 2.39. The number of hydrogen-bond donors (Lipinski definition) is 1. The van der Waals surface area contributed by atoms with Gasteiger partial charge < -0.3 is 10.0 Å². The predicted octanol–water partition coefficient (Wildman–Crippen LogP) is 1.82. The Hall–Kier alpha value is -1.00. The largest absolute Gasteiger partial charge is 0.388 e. The van der Waals surface area contributed by atoms with E-state index in [2.05, 4.69) is 25.5 Å². The topological polar surface area (TPSA) is 57.6 Å². The molecule has 7 fully saturated rings. The lowest BCUT2D eigenvalue weighted by Gasteiger charge is -2.67. The molecule has 25 heavy (non-hydrogen) atoms. The standard InChI is InChI=1S/C21H27NO3/c1-10-12-6-14-20(18(10)25)5-4-13-19(2)7-11(23)8-21(13,14)17(22(3)9-19)15(20)16(12)24/h12-15,17-18,25H,1,4-9H2,2-3H3/t12-,13+,14-,15-,17-,18-,19+,20?,21+/m1/s1. The Balaban J connectivity index is 1.66. The molecule has 0 radical (unpaired) electrons. The van der Waals surface area contributed by atoms with Gasteiger partial charge in [0.1, 0.15) is 11.6 Å². The van der Waals surface area contributed by atoms with Gasteiger partial charge in [0.05, 0.1) is 6.10 Å². The normalized spacial score (nSPS) is 61.8. The van der Waals surface area contributed by atoms with Crippen LogP contribution in [-0.4, -0.2) is 47.3 Å². The second-order valence-corrected chi connectivity index (χ2v) is 10.4. The minimum atomic E-state index is -0.559. The van der Waals surface area contributed by atoms with Crippen molar-refractivity contribution < 1.29 is 14.7 Å². The van der Waals surface area contributed by atoms with Crippen LogP contribution >= 0.6 is 0 Å². The summed E-state index contributed by atoms with van der Waals surface area (Å²) in [6, 6.07) is 0.141. The van der Waals surface area contributed by atoms with E-state index in [4.69, 9.17) is 0 Å². The summed E-state index contributed by atoms with van der Waals surface area (Å²) in [6.07, 6.45) is 3.58. The van der Waals surface area contributed by atoms with Gasteiger partial charge in [-0.3, -0.25) is 9.59 Å². The first-order chi connectivity index (χ1) is 11.8. The third-order valence-electron chi connectivity index (χ3n) is 9.72. The molecular formula is C21H27NO3. The van der Waals surface area contributed by atoms with Crippen LogP contribution in [0.2, 0.25) is 0 Å². The molecule has 7 rings (SSSR count). The van der Waals surface area contributed by atoms with Crippen LogP contribution in [0.5, 0.6) is 0 Å². The fourth-order valence-electron chi connectivity index (χ4n) is 9.59. The minimum Gasteiger partial charge on any atom is -0.388 e. The predicted molar refractivity (Wildman–Crippen MR) is 91.6 cm³/mol. The van der Waals surface area contributed by atoms with E-state index >= 15 is 0 Å². The first kappa shape index (κ1) is 15.1. The Morgan fingerprint density at radius 1 is 1.20 bits per heavy atom. The van der Waals surface area contributed by atoms with E-state index in [0.29, 0.717) is 36.2 Å². The average molecular weight is 341 g/mol. The molecule has 2 spiro atoms. The van der Waals surface area contributed by atoms with E-state index in [-0.39, 0.29) is 34.1 Å². The first-order valence-electron chi connectivity index (χ1n) is 9.90. The number of Topliss-reactive ketones (excluding diaryl/α,β-unsaturated/α-hetero) is 2. The van der Waals surface area contributed by atoms with Crippen molar-refractivity contribution in [2.75, 3.05) is 13.6 Å². The molecule has 6 aliphatic carbocycles. The van der Waals surface area contributed by atoms with Crippen LogP contribution in [0.25, 0.3) is 0 Å². The maximum Gasteiger partial charge on any atom is 0.145 e. The van der Waals surface area contributed by atoms with Crippen molar-refractivity contribution in [3.63, 3.8) is 0 Å². The molecule has 1 heterocycles. The summed E-state index contributed by atoms with van der Waals surface area (Å²) in [5, 5.41) is 11.2. The molecule has 0 aromatic rings. The van der Waals surface area contributed by atoms with Crippen LogP contribution in [0.4, 0.5) is 0 Å². The van der Waals surface area contributed by atoms with Crippen LogP contribution < -0.4 is 0 Å². The van der Waals surface area contributed by atoms with E-state index in [1.165, 1.54) is 0 Å². The number of aliphatic hydroxyl groups excluding tert-OH is 1. The molecule has 4 heteroatoms. The lowest BCUT2D eigenvalue weighted by atomic mass is 9.39. The summed E-state index contributed by atoms with van der Waals surface area (Å²) in [4.78, 5) is 28.7. The van der Waals surface area contributed by atoms with E-state index in [1.54, 1.807) is 0 Å². The number of piperidine rings is 1. The van der Waals surface area contributed by atoms with E-state index in [0.717, 1.165) is 31.4 Å². The van der Waals surface area contributed by atoms with Gasteiger partial charge in [0.15, 0.2) is 0 Å². The quantitative estimate of drug-likeness (QED) is 0.683. The zero-order chi connectivity index (χ0) is 17.5. The van der Waals surface area contributed by atoms with Gasteiger partial charge in [0.25, 0.3) is 0 Å². The zero-order valence-electron chi connectivity index (χ0n) is 15.1. The smallest absolute Gasteiger partial charge is 0.145 e. The maximum atomic E-state index is 13.4. The summed E-state index contributed by atoms with van der Waals surface area (Å²) in [7, 11) is 2.16. The third-order valence-corrected chi connectivity index (χ3v) is 9.72. The molecule has 1 unspecified atom stereocenters. The number of likely N-dealkylation sites (tertiary alicyclic amines) is 1. The number of carbonyl (C=O) groups excluding carboxylic acids is 2. The van der Waals surface area contributed by atoms with Crippen molar-refractivity contribution in [3.05, 3.63) is 12.2 Å². The number of hydrogen-bond acceptors (Lipinski definition) is 4. The highest BCUT2D eigenvalue weighted by molar-refractivity contribution is 5.93. The molecule has 134 valence electrons. The molecular weight excluding hydrogens is 314 g/mol. The number of ketones is 2. The highest BCUT2D eigenvalue weighted by Crippen LogP contribution is 2.81. The molecule has 4 nitrogen and oxygen atoms in total. The molecule has 0 amide bonds. The highest BCUT2D eigenvalue weighted by Gasteiger charge is 2.83. The molecule has 6 bridgehead atoms. The molecule has 0 aromatic heterocycles. The Morgan fingerprint density at radius 3 is 2.72 bits per heavy atom. The van der Waals surface area contributed by atoms with Crippen LogP contribution in [0, 0.1) is 39.9 Å². The lowest BCUT2D eigenvalue weighted by molar-refractivity contribution is -0.194. The zero-order valence-corrected chi connectivity index (χ0v) is 15.1. The van der Waals surface area contributed by atoms with E-state index in [9.17, 15) is 14.7 Å². The van der Waals surface area contributed by atoms with Gasteiger partial charge in [0.2, 0.25) is 0 Å². The molecule has 1 saturated heterocycles. The number of aliphatic hydroxyl groups is 1. The van der Waals surface area contributed by atoms with Gasteiger partial charge in [-0.2, -0.15) is 0 Å². The van der Waals surface area contributed by atoms with Crippen LogP contribution in [-0.2, 0) is 9.59 Å². The SMILES string of the molecule is C=C1[C@H]2C[C@@H]3C4(CC[C@H]5[C@@]6(C)CC(=O)C[C@@]35[C@@H]([C@H]4C2=O)N(C)C6)[C@@H]1O. The maximum absolute atomic E-state index is 13.4. The monoisotopic (exact) mass is 341 g/mol. The van der Waals surface area contributed by atoms with Crippen molar-refractivity contribution in [1.82, 2.24) is 4.90 Å². The highest BCUT2D eigenvalue weighted by atomic mass is 16.3. The Bertz CT molecular complexity index is 760. The summed E-state index contributed by atoms with van der Waals surface area (Å²) < 4.78 is 0. The third kappa shape index (κ3) is 1.25. The van der Waals surface area contributed by atoms with Crippen molar-refractivity contribution >= 4 is 11.6 Å². The van der Waals surface area contributed by atoms with Crippen molar-refractivity contribution in [2.45, 2.75) is 51.2 Å². The first-order valence-corrected chi connectivity index (χ1v) is 9.90. The van der Waals surface area contributed by atoms with Crippen molar-refractivity contribution in [3.8, 4) is 0 Å². The van der Waals surface area contributed by atoms with Crippen LogP contribution in [0.3, 0.4) is 0 Å². The summed E-state index contributed by atoms with van der Waals surface area (Å²) >= 11 is 0. The Morgan fingerprint density at radius 2 is 1.96 bits per heavy atom.